The summed E-state index contributed by atoms with van der Waals surface area (Å²) in [6.07, 6.45) is 2.67. The van der Waals surface area contributed by atoms with Gasteiger partial charge >= 0.3 is 0 Å². The second-order valence-corrected chi connectivity index (χ2v) is 5.54. The van der Waals surface area contributed by atoms with Gasteiger partial charge < -0.3 is 10.1 Å². The Kier molecular flexibility index (Phi) is 5.25. The zero-order valence-corrected chi connectivity index (χ0v) is 12.8. The van der Waals surface area contributed by atoms with E-state index in [4.69, 9.17) is 16.3 Å². The normalized spacial score (nSPS) is 23.2. The van der Waals surface area contributed by atoms with Crippen LogP contribution >= 0.6 is 11.6 Å². The van der Waals surface area contributed by atoms with Crippen LogP contribution in [-0.4, -0.2) is 29.0 Å². The maximum atomic E-state index is 6.30. The molecule has 0 aliphatic carbocycles. The van der Waals surface area contributed by atoms with Crippen molar-refractivity contribution >= 4 is 11.6 Å². The molecular formula is C14H24ClN3O. The fraction of sp³-hybridized carbons (Fsp3) is 0.786. The van der Waals surface area contributed by atoms with E-state index in [0.29, 0.717) is 12.0 Å². The molecule has 1 aliphatic rings. The molecule has 0 spiro atoms. The average Bonchev–Trinajstić information content (AvgIpc) is 2.97. The van der Waals surface area contributed by atoms with E-state index in [-0.39, 0.29) is 0 Å². The van der Waals surface area contributed by atoms with Crippen molar-refractivity contribution in [3.63, 3.8) is 0 Å². The molecular weight excluding hydrogens is 262 g/mol. The van der Waals surface area contributed by atoms with Crippen molar-refractivity contribution in [2.45, 2.75) is 52.8 Å². The van der Waals surface area contributed by atoms with Crippen LogP contribution in [-0.2, 0) is 17.8 Å². The number of hydrogen-bond donors (Lipinski definition) is 1. The number of rotatable bonds is 6. The third kappa shape index (κ3) is 3.30. The van der Waals surface area contributed by atoms with Crippen LogP contribution in [0.4, 0.5) is 0 Å². The van der Waals surface area contributed by atoms with Gasteiger partial charge in [-0.3, -0.25) is 4.68 Å². The lowest BCUT2D eigenvalue weighted by Gasteiger charge is -2.17. The van der Waals surface area contributed by atoms with Gasteiger partial charge in [0.25, 0.3) is 0 Å². The lowest BCUT2D eigenvalue weighted by atomic mass is 10.00. The molecule has 0 saturated carbocycles. The van der Waals surface area contributed by atoms with Crippen molar-refractivity contribution in [2.75, 3.05) is 13.2 Å². The van der Waals surface area contributed by atoms with Crippen molar-refractivity contribution in [1.29, 1.82) is 0 Å². The minimum atomic E-state index is 0.417. The summed E-state index contributed by atoms with van der Waals surface area (Å²) >= 11 is 6.30. The Bertz CT molecular complexity index is 419. The molecule has 2 rings (SSSR count). The number of ether oxygens (including phenoxy) is 1. The lowest BCUT2D eigenvalue weighted by Crippen LogP contribution is -2.28. The second-order valence-electron chi connectivity index (χ2n) is 5.16. The largest absolute Gasteiger partial charge is 0.378 e. The van der Waals surface area contributed by atoms with Gasteiger partial charge in [0.1, 0.15) is 0 Å². The Balaban J connectivity index is 1.89. The van der Waals surface area contributed by atoms with Gasteiger partial charge in [0.2, 0.25) is 0 Å². The van der Waals surface area contributed by atoms with Crippen molar-refractivity contribution in [1.82, 2.24) is 15.1 Å². The molecule has 4 nitrogen and oxygen atoms in total. The van der Waals surface area contributed by atoms with Crippen LogP contribution in [0.5, 0.6) is 0 Å². The molecule has 1 aliphatic heterocycles. The van der Waals surface area contributed by atoms with Gasteiger partial charge in [-0.15, -0.1) is 0 Å². The Morgan fingerprint density at radius 2 is 2.26 bits per heavy atom. The summed E-state index contributed by atoms with van der Waals surface area (Å²) < 4.78 is 7.69. The Morgan fingerprint density at radius 1 is 1.47 bits per heavy atom. The average molecular weight is 286 g/mol. The smallest absolute Gasteiger partial charge is 0.0860 e. The Hall–Kier alpha value is -0.580. The van der Waals surface area contributed by atoms with E-state index in [1.54, 1.807) is 0 Å². The van der Waals surface area contributed by atoms with Gasteiger partial charge in [-0.25, -0.2) is 0 Å². The molecule has 1 aromatic heterocycles. The molecule has 2 atom stereocenters. The summed E-state index contributed by atoms with van der Waals surface area (Å²) in [5.41, 5.74) is 2.00. The zero-order valence-electron chi connectivity index (χ0n) is 12.1. The summed E-state index contributed by atoms with van der Waals surface area (Å²) in [7, 11) is 0. The SMILES string of the molecule is CCC1OCCC1CNCc1c(Cl)c(C)nn1CC. The van der Waals surface area contributed by atoms with Crippen molar-refractivity contribution in [3.8, 4) is 0 Å². The third-order valence-corrected chi connectivity index (χ3v) is 4.39. The van der Waals surface area contributed by atoms with E-state index < -0.39 is 0 Å². The predicted octanol–water partition coefficient (Wildman–Crippen LogP) is 2.77. The van der Waals surface area contributed by atoms with Crippen LogP contribution in [0, 0.1) is 12.8 Å². The highest BCUT2D eigenvalue weighted by molar-refractivity contribution is 6.31. The Labute approximate surface area is 120 Å². The number of halogens is 1. The maximum absolute atomic E-state index is 6.30. The van der Waals surface area contributed by atoms with Crippen molar-refractivity contribution in [3.05, 3.63) is 16.4 Å². The first-order chi connectivity index (χ1) is 9.17. The van der Waals surface area contributed by atoms with Gasteiger partial charge in [0.15, 0.2) is 0 Å². The molecule has 0 bridgehead atoms. The maximum Gasteiger partial charge on any atom is 0.0860 e. The fourth-order valence-electron chi connectivity index (χ4n) is 2.79. The number of aryl methyl sites for hydroxylation is 2. The van der Waals surface area contributed by atoms with Crippen molar-refractivity contribution in [2.24, 2.45) is 5.92 Å². The molecule has 19 heavy (non-hydrogen) atoms. The fourth-order valence-corrected chi connectivity index (χ4v) is 2.99. The standard InChI is InChI=1S/C14H24ClN3O/c1-4-13-11(6-7-19-13)8-16-9-12-14(15)10(3)17-18(12)5-2/h11,13,16H,4-9H2,1-3H3. The molecule has 2 heterocycles. The van der Waals surface area contributed by atoms with Crippen LogP contribution in [0.25, 0.3) is 0 Å². The molecule has 0 amide bonds. The molecule has 0 radical (unpaired) electrons. The molecule has 0 aromatic carbocycles. The minimum Gasteiger partial charge on any atom is -0.378 e. The second kappa shape index (κ2) is 6.73. The van der Waals surface area contributed by atoms with E-state index in [2.05, 4.69) is 24.3 Å². The quantitative estimate of drug-likeness (QED) is 0.873. The molecule has 1 saturated heterocycles. The van der Waals surface area contributed by atoms with E-state index in [1.165, 1.54) is 0 Å². The molecule has 2 unspecified atom stereocenters. The topological polar surface area (TPSA) is 39.1 Å². The molecule has 1 aromatic rings. The summed E-state index contributed by atoms with van der Waals surface area (Å²) in [5, 5.41) is 8.74. The molecule has 1 fully saturated rings. The van der Waals surface area contributed by atoms with Gasteiger partial charge in [0.05, 0.1) is 22.5 Å². The summed E-state index contributed by atoms with van der Waals surface area (Å²) in [6, 6.07) is 0. The molecule has 1 N–H and O–H groups in total. The minimum absolute atomic E-state index is 0.417. The monoisotopic (exact) mass is 285 g/mol. The highest BCUT2D eigenvalue weighted by Crippen LogP contribution is 2.23. The third-order valence-electron chi connectivity index (χ3n) is 3.90. The van der Waals surface area contributed by atoms with E-state index in [9.17, 15) is 0 Å². The first kappa shape index (κ1) is 14.8. The van der Waals surface area contributed by atoms with E-state index in [0.717, 1.165) is 55.5 Å². The zero-order chi connectivity index (χ0) is 13.8. The van der Waals surface area contributed by atoms with Crippen molar-refractivity contribution < 1.29 is 4.74 Å². The number of nitrogens with one attached hydrogen (secondary N) is 1. The first-order valence-electron chi connectivity index (χ1n) is 7.21. The molecule has 108 valence electrons. The van der Waals surface area contributed by atoms with E-state index >= 15 is 0 Å². The number of nitrogens with zero attached hydrogens (tertiary/aromatic N) is 2. The Morgan fingerprint density at radius 3 is 2.95 bits per heavy atom. The lowest BCUT2D eigenvalue weighted by molar-refractivity contribution is 0.0872. The van der Waals surface area contributed by atoms with Gasteiger partial charge in [-0.05, 0) is 32.6 Å². The summed E-state index contributed by atoms with van der Waals surface area (Å²) in [5.74, 6) is 0.628. The van der Waals surface area contributed by atoms with Crippen LogP contribution in [0.15, 0.2) is 0 Å². The van der Waals surface area contributed by atoms with Crippen LogP contribution in [0.2, 0.25) is 5.02 Å². The first-order valence-corrected chi connectivity index (χ1v) is 7.59. The summed E-state index contributed by atoms with van der Waals surface area (Å²) in [4.78, 5) is 0. The highest BCUT2D eigenvalue weighted by atomic mass is 35.5. The van der Waals surface area contributed by atoms with Gasteiger partial charge in [0, 0.05) is 26.2 Å². The van der Waals surface area contributed by atoms with Crippen LogP contribution in [0.3, 0.4) is 0 Å². The van der Waals surface area contributed by atoms with Gasteiger partial charge in [-0.2, -0.15) is 5.10 Å². The molecule has 5 heteroatoms. The summed E-state index contributed by atoms with van der Waals surface area (Å²) in [6.45, 7) is 9.75. The number of aromatic nitrogens is 2. The van der Waals surface area contributed by atoms with Crippen LogP contribution in [0.1, 0.15) is 38.1 Å². The predicted molar refractivity (Wildman–Crippen MR) is 77.5 cm³/mol. The van der Waals surface area contributed by atoms with E-state index in [1.807, 2.05) is 11.6 Å². The van der Waals surface area contributed by atoms with Crippen LogP contribution < -0.4 is 5.32 Å². The number of hydrogen-bond acceptors (Lipinski definition) is 3. The van der Waals surface area contributed by atoms with Gasteiger partial charge in [-0.1, -0.05) is 18.5 Å². The highest BCUT2D eigenvalue weighted by Gasteiger charge is 2.26.